The van der Waals surface area contributed by atoms with Crippen molar-refractivity contribution in [3.8, 4) is 11.1 Å². The van der Waals surface area contributed by atoms with Crippen LogP contribution in [0, 0.1) is 5.92 Å². The number of carbonyl (C=O) groups is 1. The molecule has 4 heteroatoms. The maximum atomic E-state index is 13.1. The van der Waals surface area contributed by atoms with Crippen molar-refractivity contribution in [2.24, 2.45) is 5.92 Å². The molecule has 2 aromatic heterocycles. The van der Waals surface area contributed by atoms with Crippen LogP contribution in [0.2, 0.25) is 0 Å². The average molecular weight is 371 g/mol. The van der Waals surface area contributed by atoms with Gasteiger partial charge in [-0.2, -0.15) is 0 Å². The molecule has 1 aliphatic carbocycles. The predicted octanol–water partition coefficient (Wildman–Crippen LogP) is 5.45. The molecule has 1 fully saturated rings. The highest BCUT2D eigenvalue weighted by molar-refractivity contribution is 5.95. The number of anilines is 1. The monoisotopic (exact) mass is 371 g/mol. The Hall–Kier alpha value is -3.01. The summed E-state index contributed by atoms with van der Waals surface area (Å²) in [5, 5.41) is 3.00. The van der Waals surface area contributed by atoms with Gasteiger partial charge in [0.1, 0.15) is 5.82 Å². The van der Waals surface area contributed by atoms with E-state index in [1.807, 2.05) is 36.5 Å². The minimum absolute atomic E-state index is 0.0275. The Morgan fingerprint density at radius 3 is 2.46 bits per heavy atom. The van der Waals surface area contributed by atoms with Crippen LogP contribution in [-0.2, 0) is 4.79 Å². The molecule has 28 heavy (non-hydrogen) atoms. The maximum absolute atomic E-state index is 13.1. The van der Waals surface area contributed by atoms with Crippen molar-refractivity contribution in [3.05, 3.63) is 78.8 Å². The molecular formula is C24H25N3O. The van der Waals surface area contributed by atoms with E-state index in [2.05, 4.69) is 39.6 Å². The van der Waals surface area contributed by atoms with Crippen molar-refractivity contribution in [2.45, 2.75) is 38.0 Å². The molecule has 1 aromatic carbocycles. The summed E-state index contributed by atoms with van der Waals surface area (Å²) in [4.78, 5) is 21.5. The Bertz CT molecular complexity index is 888. The number of pyridine rings is 2. The topological polar surface area (TPSA) is 54.9 Å². The fraction of sp³-hybridized carbons (Fsp3) is 0.292. The molecule has 0 aliphatic heterocycles. The summed E-state index contributed by atoms with van der Waals surface area (Å²) in [6.07, 6.45) is 11.2. The van der Waals surface area contributed by atoms with Crippen LogP contribution in [0.4, 0.5) is 5.82 Å². The summed E-state index contributed by atoms with van der Waals surface area (Å²) in [6, 6.07) is 17.9. The lowest BCUT2D eigenvalue weighted by molar-refractivity contribution is -0.118. The van der Waals surface area contributed by atoms with E-state index in [1.165, 1.54) is 25.7 Å². The summed E-state index contributed by atoms with van der Waals surface area (Å²) in [7, 11) is 0. The van der Waals surface area contributed by atoms with Gasteiger partial charge in [-0.3, -0.25) is 9.78 Å². The van der Waals surface area contributed by atoms with E-state index in [4.69, 9.17) is 0 Å². The highest BCUT2D eigenvalue weighted by Crippen LogP contribution is 2.35. The molecule has 1 atom stereocenters. The lowest BCUT2D eigenvalue weighted by Crippen LogP contribution is -2.23. The Balaban J connectivity index is 1.56. The highest BCUT2D eigenvalue weighted by atomic mass is 16.1. The first kappa shape index (κ1) is 18.4. The van der Waals surface area contributed by atoms with Gasteiger partial charge in [-0.25, -0.2) is 4.98 Å². The molecule has 0 saturated heterocycles. The van der Waals surface area contributed by atoms with Gasteiger partial charge < -0.3 is 5.32 Å². The molecule has 0 bridgehead atoms. The standard InChI is InChI=1S/C24H25N3O/c28-24(27-23-9-3-4-15-26-23)22(16-18-6-1-2-7-18)20-12-10-19(11-13-20)21-8-5-14-25-17-21/h3-5,8-15,17-18,22H,1-2,6-7,16H2,(H,26,27,28). The van der Waals surface area contributed by atoms with Gasteiger partial charge >= 0.3 is 0 Å². The second-order valence-corrected chi connectivity index (χ2v) is 7.51. The van der Waals surface area contributed by atoms with Gasteiger partial charge in [-0.05, 0) is 47.2 Å². The van der Waals surface area contributed by atoms with Gasteiger partial charge in [0.15, 0.2) is 0 Å². The Kier molecular flexibility index (Phi) is 5.76. The van der Waals surface area contributed by atoms with Gasteiger partial charge in [0.2, 0.25) is 5.91 Å². The van der Waals surface area contributed by atoms with E-state index in [0.717, 1.165) is 23.1 Å². The minimum Gasteiger partial charge on any atom is -0.310 e. The zero-order valence-electron chi connectivity index (χ0n) is 15.9. The van der Waals surface area contributed by atoms with E-state index < -0.39 is 0 Å². The van der Waals surface area contributed by atoms with Crippen LogP contribution in [0.25, 0.3) is 11.1 Å². The number of amides is 1. The lowest BCUT2D eigenvalue weighted by atomic mass is 9.86. The third-order valence-corrected chi connectivity index (χ3v) is 5.58. The van der Waals surface area contributed by atoms with Crippen LogP contribution in [0.1, 0.15) is 43.6 Å². The Morgan fingerprint density at radius 2 is 1.79 bits per heavy atom. The number of rotatable bonds is 6. The van der Waals surface area contributed by atoms with E-state index in [9.17, 15) is 4.79 Å². The fourth-order valence-corrected chi connectivity index (χ4v) is 4.07. The number of carbonyl (C=O) groups excluding carboxylic acids is 1. The summed E-state index contributed by atoms with van der Waals surface area (Å²) in [5.74, 6) is 1.10. The molecule has 1 N–H and O–H groups in total. The van der Waals surface area contributed by atoms with Gasteiger partial charge in [-0.15, -0.1) is 0 Å². The van der Waals surface area contributed by atoms with Crippen LogP contribution in [0.3, 0.4) is 0 Å². The molecule has 0 radical (unpaired) electrons. The number of nitrogens with zero attached hydrogens (tertiary/aromatic N) is 2. The van der Waals surface area contributed by atoms with Gasteiger partial charge in [-0.1, -0.05) is 62.1 Å². The third kappa shape index (κ3) is 4.45. The van der Waals surface area contributed by atoms with Crippen LogP contribution in [0.5, 0.6) is 0 Å². The van der Waals surface area contributed by atoms with Crippen molar-refractivity contribution < 1.29 is 4.79 Å². The molecule has 1 saturated carbocycles. The van der Waals surface area contributed by atoms with Crippen molar-refractivity contribution in [2.75, 3.05) is 5.32 Å². The summed E-state index contributed by atoms with van der Waals surface area (Å²) < 4.78 is 0. The number of aromatic nitrogens is 2. The number of nitrogens with one attached hydrogen (secondary N) is 1. The first-order chi connectivity index (χ1) is 13.8. The van der Waals surface area contributed by atoms with Gasteiger partial charge in [0.05, 0.1) is 5.92 Å². The molecule has 1 amide bonds. The van der Waals surface area contributed by atoms with Crippen LogP contribution in [0.15, 0.2) is 73.2 Å². The van der Waals surface area contributed by atoms with Gasteiger partial charge in [0.25, 0.3) is 0 Å². The number of hydrogen-bond donors (Lipinski definition) is 1. The summed E-state index contributed by atoms with van der Waals surface area (Å²) in [6.45, 7) is 0. The molecule has 1 aliphatic rings. The number of hydrogen-bond acceptors (Lipinski definition) is 3. The molecule has 4 nitrogen and oxygen atoms in total. The smallest absolute Gasteiger partial charge is 0.233 e. The van der Waals surface area contributed by atoms with Crippen LogP contribution >= 0.6 is 0 Å². The second kappa shape index (κ2) is 8.79. The first-order valence-electron chi connectivity index (χ1n) is 10.0. The highest BCUT2D eigenvalue weighted by Gasteiger charge is 2.27. The second-order valence-electron chi connectivity index (χ2n) is 7.51. The summed E-state index contributed by atoms with van der Waals surface area (Å²) in [5.41, 5.74) is 3.26. The molecule has 1 unspecified atom stereocenters. The van der Waals surface area contributed by atoms with Crippen LogP contribution in [-0.4, -0.2) is 15.9 Å². The third-order valence-electron chi connectivity index (χ3n) is 5.58. The van der Waals surface area contributed by atoms with E-state index >= 15 is 0 Å². The van der Waals surface area contributed by atoms with E-state index in [0.29, 0.717) is 11.7 Å². The van der Waals surface area contributed by atoms with Crippen molar-refractivity contribution in [1.29, 1.82) is 0 Å². The quantitative estimate of drug-likeness (QED) is 0.627. The SMILES string of the molecule is O=C(Nc1ccccn1)C(CC1CCCC1)c1ccc(-c2cccnc2)cc1. The van der Waals surface area contributed by atoms with Crippen molar-refractivity contribution in [1.82, 2.24) is 9.97 Å². The van der Waals surface area contributed by atoms with Gasteiger partial charge in [0, 0.05) is 18.6 Å². The summed E-state index contributed by atoms with van der Waals surface area (Å²) >= 11 is 0. The Morgan fingerprint density at radius 1 is 0.964 bits per heavy atom. The van der Waals surface area contributed by atoms with E-state index in [-0.39, 0.29) is 11.8 Å². The lowest BCUT2D eigenvalue weighted by Gasteiger charge is -2.21. The Labute approximate surface area is 166 Å². The fourth-order valence-electron chi connectivity index (χ4n) is 4.07. The molecule has 142 valence electrons. The largest absolute Gasteiger partial charge is 0.310 e. The molecule has 3 aromatic rings. The average Bonchev–Trinajstić information content (AvgIpc) is 3.27. The zero-order valence-corrected chi connectivity index (χ0v) is 15.9. The maximum Gasteiger partial charge on any atom is 0.233 e. The first-order valence-corrected chi connectivity index (χ1v) is 10.0. The molecule has 2 heterocycles. The molecule has 4 rings (SSSR count). The zero-order chi connectivity index (χ0) is 19.2. The predicted molar refractivity (Wildman–Crippen MR) is 112 cm³/mol. The molecular weight excluding hydrogens is 346 g/mol. The van der Waals surface area contributed by atoms with Crippen molar-refractivity contribution >= 4 is 11.7 Å². The van der Waals surface area contributed by atoms with Crippen molar-refractivity contribution in [3.63, 3.8) is 0 Å². The van der Waals surface area contributed by atoms with E-state index in [1.54, 1.807) is 12.4 Å². The molecule has 0 spiro atoms. The number of benzene rings is 1. The van der Waals surface area contributed by atoms with Crippen LogP contribution < -0.4 is 5.32 Å². The minimum atomic E-state index is -0.159. The normalized spacial score (nSPS) is 15.3.